The molecule has 5 heteroatoms. The van der Waals surface area contributed by atoms with Crippen molar-refractivity contribution >= 4 is 12.0 Å². The van der Waals surface area contributed by atoms with Crippen LogP contribution in [-0.4, -0.2) is 37.6 Å². The maximum Gasteiger partial charge on any atom is 0.535 e. The molecule has 0 fully saturated rings. The minimum absolute atomic E-state index is 0.287. The fourth-order valence-electron chi connectivity index (χ4n) is 0.329. The van der Waals surface area contributed by atoms with Gasteiger partial charge in [-0.25, -0.2) is 4.79 Å². The lowest BCUT2D eigenvalue weighted by Gasteiger charge is -2.09. The summed E-state index contributed by atoms with van der Waals surface area (Å²) in [6, 6.07) is 0. The molecule has 0 aromatic heterocycles. The molecule has 0 bridgehead atoms. The van der Waals surface area contributed by atoms with Crippen molar-refractivity contribution in [1.82, 2.24) is 4.90 Å². The van der Waals surface area contributed by atoms with Crippen molar-refractivity contribution in [1.29, 1.82) is 0 Å². The summed E-state index contributed by atoms with van der Waals surface area (Å²) in [5.41, 5.74) is 0. The van der Waals surface area contributed by atoms with E-state index in [0.29, 0.717) is 5.84 Å². The molecule has 0 spiro atoms. The van der Waals surface area contributed by atoms with E-state index in [2.05, 4.69) is 14.7 Å². The second-order valence-corrected chi connectivity index (χ2v) is 2.31. The molecule has 0 radical (unpaired) electrons. The Morgan fingerprint density at radius 3 is 2.50 bits per heavy atom. The SMILES string of the molecule is CCOC(=O)O/N=C(/C)N(C)C. The fraction of sp³-hybridized carbons (Fsp3) is 0.714. The third-order valence-electron chi connectivity index (χ3n) is 1.16. The van der Waals surface area contributed by atoms with E-state index >= 15 is 0 Å². The molecule has 12 heavy (non-hydrogen) atoms. The number of hydrogen-bond donors (Lipinski definition) is 0. The van der Waals surface area contributed by atoms with Crippen LogP contribution in [0.5, 0.6) is 0 Å². The highest BCUT2D eigenvalue weighted by molar-refractivity contribution is 5.79. The molecule has 0 amide bonds. The Labute approximate surface area is 71.9 Å². The summed E-state index contributed by atoms with van der Waals surface area (Å²) in [6.07, 6.45) is -0.779. The molecule has 0 aliphatic heterocycles. The monoisotopic (exact) mass is 174 g/mol. The van der Waals surface area contributed by atoms with E-state index in [1.807, 2.05) is 0 Å². The first kappa shape index (κ1) is 10.7. The number of hydrogen-bond acceptors (Lipinski definition) is 4. The Morgan fingerprint density at radius 2 is 2.08 bits per heavy atom. The van der Waals surface area contributed by atoms with Crippen LogP contribution < -0.4 is 0 Å². The molecular formula is C7H14N2O3. The van der Waals surface area contributed by atoms with E-state index in [4.69, 9.17) is 0 Å². The van der Waals surface area contributed by atoms with Gasteiger partial charge in [-0.15, -0.1) is 0 Å². The third kappa shape index (κ3) is 4.54. The Morgan fingerprint density at radius 1 is 1.50 bits per heavy atom. The highest BCUT2D eigenvalue weighted by Crippen LogP contribution is 1.88. The van der Waals surface area contributed by atoms with Gasteiger partial charge in [-0.2, -0.15) is 0 Å². The predicted molar refractivity (Wildman–Crippen MR) is 44.9 cm³/mol. The molecule has 0 aliphatic carbocycles. The number of amidine groups is 1. The average molecular weight is 174 g/mol. The van der Waals surface area contributed by atoms with Crippen molar-refractivity contribution in [2.24, 2.45) is 5.16 Å². The predicted octanol–water partition coefficient (Wildman–Crippen LogP) is 1.05. The minimum Gasteiger partial charge on any atom is -0.433 e. The van der Waals surface area contributed by atoms with Gasteiger partial charge >= 0.3 is 6.16 Å². The molecule has 0 unspecified atom stereocenters. The van der Waals surface area contributed by atoms with Crippen LogP contribution in [0.1, 0.15) is 13.8 Å². The van der Waals surface area contributed by atoms with Gasteiger partial charge in [0.15, 0.2) is 0 Å². The van der Waals surface area contributed by atoms with E-state index in [-0.39, 0.29) is 6.61 Å². The molecule has 0 atom stereocenters. The van der Waals surface area contributed by atoms with Crippen molar-refractivity contribution in [2.45, 2.75) is 13.8 Å². The molecule has 0 rings (SSSR count). The Balaban J connectivity index is 3.79. The maximum atomic E-state index is 10.6. The summed E-state index contributed by atoms with van der Waals surface area (Å²) in [5.74, 6) is 0.600. The summed E-state index contributed by atoms with van der Waals surface area (Å²) >= 11 is 0. The highest BCUT2D eigenvalue weighted by atomic mass is 16.8. The van der Waals surface area contributed by atoms with Crippen LogP contribution in [0.25, 0.3) is 0 Å². The quantitative estimate of drug-likeness (QED) is 0.206. The standard InChI is InChI=1S/C7H14N2O3/c1-5-11-7(10)12-8-6(2)9(3)4/h5H2,1-4H3/b8-6-. The zero-order chi connectivity index (χ0) is 9.56. The van der Waals surface area contributed by atoms with Crippen molar-refractivity contribution < 1.29 is 14.4 Å². The molecule has 0 N–H and O–H groups in total. The van der Waals surface area contributed by atoms with Crippen molar-refractivity contribution in [2.75, 3.05) is 20.7 Å². The van der Waals surface area contributed by atoms with Gasteiger partial charge in [0.25, 0.3) is 0 Å². The molecule has 0 aromatic rings. The number of ether oxygens (including phenoxy) is 1. The van der Waals surface area contributed by atoms with E-state index in [1.54, 1.807) is 32.8 Å². The van der Waals surface area contributed by atoms with Gasteiger partial charge in [-0.1, -0.05) is 5.16 Å². The number of rotatable bonds is 2. The third-order valence-corrected chi connectivity index (χ3v) is 1.16. The smallest absolute Gasteiger partial charge is 0.433 e. The summed E-state index contributed by atoms with van der Waals surface area (Å²) in [7, 11) is 3.60. The van der Waals surface area contributed by atoms with Gasteiger partial charge < -0.3 is 9.64 Å². The topological polar surface area (TPSA) is 51.1 Å². The first-order valence-corrected chi connectivity index (χ1v) is 3.63. The summed E-state index contributed by atoms with van der Waals surface area (Å²) in [4.78, 5) is 16.7. The van der Waals surface area contributed by atoms with E-state index in [0.717, 1.165) is 0 Å². The first-order valence-electron chi connectivity index (χ1n) is 3.63. The number of nitrogens with zero attached hydrogens (tertiary/aromatic N) is 2. The first-order chi connectivity index (χ1) is 5.57. The maximum absolute atomic E-state index is 10.6. The van der Waals surface area contributed by atoms with Crippen LogP contribution in [0.15, 0.2) is 5.16 Å². The van der Waals surface area contributed by atoms with Gasteiger partial charge in [-0.3, -0.25) is 4.84 Å². The Bertz CT molecular complexity index is 177. The van der Waals surface area contributed by atoms with Crippen LogP contribution in [0, 0.1) is 0 Å². The van der Waals surface area contributed by atoms with Gasteiger partial charge in [0.2, 0.25) is 0 Å². The highest BCUT2D eigenvalue weighted by Gasteiger charge is 2.01. The van der Waals surface area contributed by atoms with Crippen LogP contribution in [0.4, 0.5) is 4.79 Å². The Hall–Kier alpha value is -1.26. The van der Waals surface area contributed by atoms with Gasteiger partial charge in [0, 0.05) is 14.1 Å². The number of carbonyl (C=O) groups excluding carboxylic acids is 1. The zero-order valence-corrected chi connectivity index (χ0v) is 7.83. The van der Waals surface area contributed by atoms with Crippen molar-refractivity contribution in [3.8, 4) is 0 Å². The molecule has 0 aliphatic rings. The van der Waals surface area contributed by atoms with Crippen LogP contribution in [-0.2, 0) is 9.57 Å². The van der Waals surface area contributed by atoms with Crippen LogP contribution in [0.3, 0.4) is 0 Å². The fourth-order valence-corrected chi connectivity index (χ4v) is 0.329. The lowest BCUT2D eigenvalue weighted by molar-refractivity contribution is 0.0603. The normalized spacial score (nSPS) is 10.8. The second kappa shape index (κ2) is 5.40. The molecule has 70 valence electrons. The zero-order valence-electron chi connectivity index (χ0n) is 7.83. The van der Waals surface area contributed by atoms with Gasteiger partial charge in [0.1, 0.15) is 5.84 Å². The number of carbonyl (C=O) groups is 1. The molecule has 0 saturated carbocycles. The second-order valence-electron chi connectivity index (χ2n) is 2.31. The number of oxime groups is 1. The molecular weight excluding hydrogens is 160 g/mol. The van der Waals surface area contributed by atoms with Gasteiger partial charge in [0.05, 0.1) is 6.61 Å². The lowest BCUT2D eigenvalue weighted by atomic mass is 10.6. The summed E-state index contributed by atoms with van der Waals surface area (Å²) in [5, 5.41) is 3.51. The van der Waals surface area contributed by atoms with Crippen molar-refractivity contribution in [3.05, 3.63) is 0 Å². The van der Waals surface area contributed by atoms with Gasteiger partial charge in [-0.05, 0) is 13.8 Å². The van der Waals surface area contributed by atoms with Crippen molar-refractivity contribution in [3.63, 3.8) is 0 Å². The molecule has 0 heterocycles. The van der Waals surface area contributed by atoms with E-state index < -0.39 is 6.16 Å². The van der Waals surface area contributed by atoms with E-state index in [1.165, 1.54) is 0 Å². The largest absolute Gasteiger partial charge is 0.535 e. The minimum atomic E-state index is -0.779. The van der Waals surface area contributed by atoms with Crippen LogP contribution in [0.2, 0.25) is 0 Å². The van der Waals surface area contributed by atoms with Crippen LogP contribution >= 0.6 is 0 Å². The lowest BCUT2D eigenvalue weighted by Crippen LogP contribution is -2.19. The summed E-state index contributed by atoms with van der Waals surface area (Å²) < 4.78 is 4.49. The molecule has 5 nitrogen and oxygen atoms in total. The van der Waals surface area contributed by atoms with E-state index in [9.17, 15) is 4.79 Å². The average Bonchev–Trinajstić information content (AvgIpc) is 2.00. The molecule has 0 saturated heterocycles. The Kier molecular flexibility index (Phi) is 4.83. The molecule has 0 aromatic carbocycles. The summed E-state index contributed by atoms with van der Waals surface area (Å²) in [6.45, 7) is 3.71.